The van der Waals surface area contributed by atoms with E-state index in [4.69, 9.17) is 11.6 Å². The minimum absolute atomic E-state index is 0.0907. The number of sulfonamides is 1. The first-order valence-corrected chi connectivity index (χ1v) is 11.6. The normalized spacial score (nSPS) is 11.6. The Morgan fingerprint density at radius 3 is 2.40 bits per heavy atom. The Morgan fingerprint density at radius 1 is 1.17 bits per heavy atom. The lowest BCUT2D eigenvalue weighted by atomic mass is 10.2. The number of anilines is 1. The molecule has 0 aliphatic heterocycles. The van der Waals surface area contributed by atoms with Crippen molar-refractivity contribution in [3.63, 3.8) is 0 Å². The van der Waals surface area contributed by atoms with Crippen molar-refractivity contribution in [3.8, 4) is 0 Å². The highest BCUT2D eigenvalue weighted by Crippen LogP contribution is 2.31. The summed E-state index contributed by atoms with van der Waals surface area (Å²) in [6.45, 7) is 9.38. The number of carbonyl (C=O) groups excluding carboxylic acids is 1. The fraction of sp³-hybridized carbons (Fsp3) is 0.143. The molecule has 0 aliphatic carbocycles. The van der Waals surface area contributed by atoms with Crippen molar-refractivity contribution in [2.75, 3.05) is 18.4 Å². The summed E-state index contributed by atoms with van der Waals surface area (Å²) in [6.07, 6.45) is 3.02. The second-order valence-electron chi connectivity index (χ2n) is 6.42. The molecule has 0 saturated heterocycles. The number of thiazole rings is 1. The Labute approximate surface area is 184 Å². The van der Waals surface area contributed by atoms with E-state index in [9.17, 15) is 13.2 Å². The minimum Gasteiger partial charge on any atom is -0.298 e. The number of rotatable bonds is 8. The van der Waals surface area contributed by atoms with Crippen LogP contribution in [0.3, 0.4) is 0 Å². The predicted molar refractivity (Wildman–Crippen MR) is 123 cm³/mol. The number of fused-ring (bicyclic) bond motifs is 1. The zero-order valence-electron chi connectivity index (χ0n) is 16.3. The van der Waals surface area contributed by atoms with Crippen LogP contribution in [0.5, 0.6) is 0 Å². The number of hydrogen-bond donors (Lipinski definition) is 1. The molecule has 156 valence electrons. The van der Waals surface area contributed by atoms with Crippen LogP contribution in [0.2, 0.25) is 5.02 Å². The van der Waals surface area contributed by atoms with Crippen LogP contribution in [0.1, 0.15) is 15.9 Å². The molecule has 1 heterocycles. The van der Waals surface area contributed by atoms with E-state index in [-0.39, 0.29) is 23.9 Å². The van der Waals surface area contributed by atoms with Crippen LogP contribution in [0.4, 0.5) is 5.13 Å². The van der Waals surface area contributed by atoms with Gasteiger partial charge >= 0.3 is 0 Å². The van der Waals surface area contributed by atoms with Crippen molar-refractivity contribution in [2.45, 2.75) is 11.8 Å². The maximum atomic E-state index is 12.8. The van der Waals surface area contributed by atoms with Gasteiger partial charge in [0.2, 0.25) is 10.0 Å². The maximum absolute atomic E-state index is 12.8. The van der Waals surface area contributed by atoms with Gasteiger partial charge in [-0.25, -0.2) is 13.4 Å². The topological polar surface area (TPSA) is 79.4 Å². The van der Waals surface area contributed by atoms with E-state index in [0.29, 0.717) is 15.7 Å². The van der Waals surface area contributed by atoms with Crippen molar-refractivity contribution >= 4 is 54.2 Å². The fourth-order valence-electron chi connectivity index (χ4n) is 2.81. The predicted octanol–water partition coefficient (Wildman–Crippen LogP) is 4.87. The van der Waals surface area contributed by atoms with Crippen molar-refractivity contribution in [1.29, 1.82) is 0 Å². The molecule has 30 heavy (non-hydrogen) atoms. The van der Waals surface area contributed by atoms with E-state index in [1.54, 1.807) is 6.07 Å². The summed E-state index contributed by atoms with van der Waals surface area (Å²) in [5.41, 5.74) is 1.92. The average Bonchev–Trinajstić information content (AvgIpc) is 3.14. The van der Waals surface area contributed by atoms with E-state index in [2.05, 4.69) is 23.5 Å². The Balaban J connectivity index is 1.80. The molecule has 0 radical (unpaired) electrons. The van der Waals surface area contributed by atoms with Crippen LogP contribution >= 0.6 is 22.9 Å². The van der Waals surface area contributed by atoms with E-state index >= 15 is 0 Å². The molecule has 1 amide bonds. The average molecular weight is 462 g/mol. The first-order valence-electron chi connectivity index (χ1n) is 8.97. The Morgan fingerprint density at radius 2 is 1.80 bits per heavy atom. The molecule has 3 aromatic rings. The lowest BCUT2D eigenvalue weighted by Crippen LogP contribution is -2.31. The van der Waals surface area contributed by atoms with Gasteiger partial charge in [-0.05, 0) is 48.9 Å². The third-order valence-corrected chi connectivity index (χ3v) is 7.58. The van der Waals surface area contributed by atoms with Crippen molar-refractivity contribution < 1.29 is 13.2 Å². The van der Waals surface area contributed by atoms with Crippen molar-refractivity contribution in [2.24, 2.45) is 0 Å². The summed E-state index contributed by atoms with van der Waals surface area (Å²) in [5.74, 6) is -0.379. The highest BCUT2D eigenvalue weighted by Gasteiger charge is 2.22. The van der Waals surface area contributed by atoms with Crippen LogP contribution in [-0.4, -0.2) is 36.7 Å². The summed E-state index contributed by atoms with van der Waals surface area (Å²) in [7, 11) is -3.72. The molecule has 6 nitrogen and oxygen atoms in total. The lowest BCUT2D eigenvalue weighted by Gasteiger charge is -2.19. The summed E-state index contributed by atoms with van der Waals surface area (Å²) >= 11 is 7.47. The first-order chi connectivity index (χ1) is 14.3. The van der Waals surface area contributed by atoms with Gasteiger partial charge in [-0.3, -0.25) is 10.1 Å². The van der Waals surface area contributed by atoms with E-state index in [1.165, 1.54) is 52.1 Å². The molecule has 1 aromatic heterocycles. The van der Waals surface area contributed by atoms with E-state index in [1.807, 2.05) is 13.0 Å². The molecule has 0 atom stereocenters. The van der Waals surface area contributed by atoms with Crippen LogP contribution in [0, 0.1) is 6.92 Å². The van der Waals surface area contributed by atoms with Gasteiger partial charge in [0.25, 0.3) is 5.91 Å². The molecule has 0 unspecified atom stereocenters. The lowest BCUT2D eigenvalue weighted by molar-refractivity contribution is 0.102. The molecule has 0 spiro atoms. The SMILES string of the molecule is C=CCN(CC=C)S(=O)(=O)c1ccc(C(=O)Nc2nc3c(C)c(Cl)ccc3s2)cc1. The van der Waals surface area contributed by atoms with Gasteiger partial charge in [0, 0.05) is 23.7 Å². The third-order valence-electron chi connectivity index (χ3n) is 4.39. The molecular formula is C21H20ClN3O3S2. The highest BCUT2D eigenvalue weighted by molar-refractivity contribution is 7.89. The number of aromatic nitrogens is 1. The van der Waals surface area contributed by atoms with Gasteiger partial charge in [-0.1, -0.05) is 35.1 Å². The van der Waals surface area contributed by atoms with Crippen molar-refractivity contribution in [1.82, 2.24) is 9.29 Å². The van der Waals surface area contributed by atoms with Gasteiger partial charge in [0.1, 0.15) is 0 Å². The summed E-state index contributed by atoms with van der Waals surface area (Å²) in [6, 6.07) is 9.41. The van der Waals surface area contributed by atoms with Gasteiger partial charge in [0.15, 0.2) is 5.13 Å². The van der Waals surface area contributed by atoms with Gasteiger partial charge in [-0.15, -0.1) is 13.2 Å². The first kappa shape index (κ1) is 22.2. The second-order valence-corrected chi connectivity index (χ2v) is 9.79. The molecular weight excluding hydrogens is 442 g/mol. The highest BCUT2D eigenvalue weighted by atomic mass is 35.5. The third kappa shape index (κ3) is 4.46. The number of nitrogens with zero attached hydrogens (tertiary/aromatic N) is 2. The Hall–Kier alpha value is -2.52. The quantitative estimate of drug-likeness (QED) is 0.485. The molecule has 0 aliphatic rings. The minimum atomic E-state index is -3.72. The number of hydrogen-bond acceptors (Lipinski definition) is 5. The number of nitrogens with one attached hydrogen (secondary N) is 1. The molecule has 0 saturated carbocycles. The molecule has 3 rings (SSSR count). The molecule has 9 heteroatoms. The van der Waals surface area contributed by atoms with Crippen LogP contribution in [0.15, 0.2) is 66.6 Å². The van der Waals surface area contributed by atoms with E-state index in [0.717, 1.165) is 15.8 Å². The molecule has 2 aromatic carbocycles. The standard InChI is InChI=1S/C21H20ClN3O3S2/c1-4-12-25(13-5-2)30(27,28)16-8-6-15(7-9-16)20(26)24-21-23-19-14(3)17(22)10-11-18(19)29-21/h4-11H,1-2,12-13H2,3H3,(H,23,24,26). The second kappa shape index (κ2) is 9.09. The zero-order valence-corrected chi connectivity index (χ0v) is 18.6. The maximum Gasteiger partial charge on any atom is 0.257 e. The van der Waals surface area contributed by atoms with Crippen molar-refractivity contribution in [3.05, 3.63) is 77.9 Å². The Kier molecular flexibility index (Phi) is 6.72. The number of benzene rings is 2. The zero-order chi connectivity index (χ0) is 21.9. The monoisotopic (exact) mass is 461 g/mol. The molecule has 0 bridgehead atoms. The molecule has 0 fully saturated rings. The van der Waals surface area contributed by atoms with Gasteiger partial charge in [0.05, 0.1) is 15.1 Å². The largest absolute Gasteiger partial charge is 0.298 e. The fourth-order valence-corrected chi connectivity index (χ4v) is 5.26. The number of amides is 1. The summed E-state index contributed by atoms with van der Waals surface area (Å²) in [4.78, 5) is 17.1. The van der Waals surface area contributed by atoms with Crippen LogP contribution < -0.4 is 5.32 Å². The summed E-state index contributed by atoms with van der Waals surface area (Å²) < 4.78 is 27.7. The van der Waals surface area contributed by atoms with Gasteiger partial charge in [-0.2, -0.15) is 4.31 Å². The molecule has 1 N–H and O–H groups in total. The Bertz CT molecular complexity index is 1210. The van der Waals surface area contributed by atoms with Crippen LogP contribution in [-0.2, 0) is 10.0 Å². The smallest absolute Gasteiger partial charge is 0.257 e. The number of aryl methyl sites for hydroxylation is 1. The van der Waals surface area contributed by atoms with E-state index < -0.39 is 10.0 Å². The number of halogens is 1. The van der Waals surface area contributed by atoms with Gasteiger partial charge < -0.3 is 0 Å². The van der Waals surface area contributed by atoms with Crippen LogP contribution in [0.25, 0.3) is 10.2 Å². The summed E-state index contributed by atoms with van der Waals surface area (Å²) in [5, 5.41) is 3.81. The number of carbonyl (C=O) groups is 1.